The minimum absolute atomic E-state index is 0.0833. The number of carbonyl (C=O) groups excluding carboxylic acids is 1. The van der Waals surface area contributed by atoms with Crippen LogP contribution in [0.2, 0.25) is 0 Å². The Morgan fingerprint density at radius 1 is 1.53 bits per heavy atom. The first-order valence-electron chi connectivity index (χ1n) is 5.28. The van der Waals surface area contributed by atoms with E-state index in [1.54, 1.807) is 4.90 Å². The van der Waals surface area contributed by atoms with Gasteiger partial charge < -0.3 is 15.4 Å². The fraction of sp³-hybridized carbons (Fsp3) is 0.727. The second-order valence-electron chi connectivity index (χ2n) is 4.81. The van der Waals surface area contributed by atoms with Crippen LogP contribution in [0.15, 0.2) is 12.2 Å². The standard InChI is InChI=1S/C11H20N2O2/c1-11(2,3)15-10(14)13-7-5-4-6-9(12)8-13/h4,6,9H,5,7-8,12H2,1-3H3. The van der Waals surface area contributed by atoms with Crippen LogP contribution in [-0.4, -0.2) is 35.7 Å². The van der Waals surface area contributed by atoms with Gasteiger partial charge in [-0.05, 0) is 27.2 Å². The van der Waals surface area contributed by atoms with Crippen LogP contribution >= 0.6 is 0 Å². The first-order valence-corrected chi connectivity index (χ1v) is 5.28. The largest absolute Gasteiger partial charge is 0.444 e. The van der Waals surface area contributed by atoms with Crippen LogP contribution in [0, 0.1) is 0 Å². The number of hydrogen-bond acceptors (Lipinski definition) is 3. The van der Waals surface area contributed by atoms with E-state index in [-0.39, 0.29) is 12.1 Å². The van der Waals surface area contributed by atoms with Crippen molar-refractivity contribution in [1.29, 1.82) is 0 Å². The van der Waals surface area contributed by atoms with E-state index in [0.29, 0.717) is 13.1 Å². The highest BCUT2D eigenvalue weighted by molar-refractivity contribution is 5.68. The Bertz CT molecular complexity index is 256. The monoisotopic (exact) mass is 212 g/mol. The molecule has 0 fully saturated rings. The maximum absolute atomic E-state index is 11.7. The van der Waals surface area contributed by atoms with Gasteiger partial charge in [-0.3, -0.25) is 0 Å². The van der Waals surface area contributed by atoms with Crippen LogP contribution < -0.4 is 5.73 Å². The molecule has 0 saturated heterocycles. The number of ether oxygens (including phenoxy) is 1. The molecule has 0 aromatic carbocycles. The van der Waals surface area contributed by atoms with Crippen molar-refractivity contribution in [2.24, 2.45) is 5.73 Å². The predicted octanol–water partition coefficient (Wildman–Crippen LogP) is 1.51. The fourth-order valence-electron chi connectivity index (χ4n) is 1.40. The van der Waals surface area contributed by atoms with Crippen LogP contribution in [0.4, 0.5) is 4.79 Å². The van der Waals surface area contributed by atoms with Crippen LogP contribution in [0.25, 0.3) is 0 Å². The van der Waals surface area contributed by atoms with Gasteiger partial charge in [-0.15, -0.1) is 0 Å². The molecule has 2 N–H and O–H groups in total. The Kier molecular flexibility index (Phi) is 3.74. The summed E-state index contributed by atoms with van der Waals surface area (Å²) in [6, 6.07) is -0.0833. The Morgan fingerprint density at radius 3 is 2.80 bits per heavy atom. The number of amides is 1. The normalized spacial score (nSPS) is 22.4. The molecule has 0 aromatic rings. The van der Waals surface area contributed by atoms with Crippen LogP contribution in [0.5, 0.6) is 0 Å². The van der Waals surface area contributed by atoms with Gasteiger partial charge in [0.05, 0.1) is 0 Å². The van der Waals surface area contributed by atoms with Crippen LogP contribution in [0.1, 0.15) is 27.2 Å². The second-order valence-corrected chi connectivity index (χ2v) is 4.81. The number of nitrogens with two attached hydrogens (primary N) is 1. The summed E-state index contributed by atoms with van der Waals surface area (Å²) in [4.78, 5) is 13.4. The highest BCUT2D eigenvalue weighted by atomic mass is 16.6. The maximum Gasteiger partial charge on any atom is 0.410 e. The summed E-state index contributed by atoms with van der Waals surface area (Å²) in [6.07, 6.45) is 4.51. The molecule has 1 rings (SSSR count). The molecule has 1 heterocycles. The first-order chi connectivity index (χ1) is 6.88. The minimum atomic E-state index is -0.444. The molecule has 0 bridgehead atoms. The van der Waals surface area contributed by atoms with Crippen LogP contribution in [-0.2, 0) is 4.74 Å². The lowest BCUT2D eigenvalue weighted by Crippen LogP contribution is -2.42. The summed E-state index contributed by atoms with van der Waals surface area (Å²) >= 11 is 0. The predicted molar refractivity (Wildman–Crippen MR) is 59.5 cm³/mol. The van der Waals surface area contributed by atoms with E-state index in [0.717, 1.165) is 6.42 Å². The topological polar surface area (TPSA) is 55.6 Å². The van der Waals surface area contributed by atoms with E-state index >= 15 is 0 Å². The van der Waals surface area contributed by atoms with Gasteiger partial charge in [-0.1, -0.05) is 12.2 Å². The molecule has 4 heteroatoms. The fourth-order valence-corrected chi connectivity index (χ4v) is 1.40. The molecule has 86 valence electrons. The third kappa shape index (κ3) is 4.34. The van der Waals surface area contributed by atoms with Crippen molar-refractivity contribution in [2.75, 3.05) is 13.1 Å². The third-order valence-corrected chi connectivity index (χ3v) is 2.03. The molecule has 0 spiro atoms. The van der Waals surface area contributed by atoms with Crippen molar-refractivity contribution in [3.63, 3.8) is 0 Å². The SMILES string of the molecule is CC(C)(C)OC(=O)N1CCC=CC(N)C1. The molecule has 0 radical (unpaired) electrons. The van der Waals surface area contributed by atoms with Gasteiger partial charge >= 0.3 is 6.09 Å². The molecule has 1 unspecified atom stereocenters. The lowest BCUT2D eigenvalue weighted by atomic mass is 10.2. The van der Waals surface area contributed by atoms with Gasteiger partial charge in [-0.2, -0.15) is 0 Å². The Hall–Kier alpha value is -1.03. The van der Waals surface area contributed by atoms with Gasteiger partial charge in [-0.25, -0.2) is 4.79 Å². The first kappa shape index (κ1) is 12.0. The van der Waals surface area contributed by atoms with Crippen molar-refractivity contribution in [1.82, 2.24) is 4.90 Å². The molecule has 0 aromatic heterocycles. The van der Waals surface area contributed by atoms with E-state index < -0.39 is 5.60 Å². The molecule has 0 aliphatic carbocycles. The van der Waals surface area contributed by atoms with Crippen molar-refractivity contribution >= 4 is 6.09 Å². The van der Waals surface area contributed by atoms with Crippen molar-refractivity contribution in [3.8, 4) is 0 Å². The highest BCUT2D eigenvalue weighted by Gasteiger charge is 2.23. The molecule has 1 atom stereocenters. The number of hydrogen-bond donors (Lipinski definition) is 1. The molecular weight excluding hydrogens is 192 g/mol. The lowest BCUT2D eigenvalue weighted by molar-refractivity contribution is 0.0253. The second kappa shape index (κ2) is 4.66. The van der Waals surface area contributed by atoms with Gasteiger partial charge in [0.25, 0.3) is 0 Å². The molecule has 15 heavy (non-hydrogen) atoms. The Balaban J connectivity index is 2.53. The smallest absolute Gasteiger partial charge is 0.410 e. The zero-order chi connectivity index (χ0) is 11.5. The van der Waals surface area contributed by atoms with E-state index in [1.807, 2.05) is 32.9 Å². The van der Waals surface area contributed by atoms with E-state index in [2.05, 4.69) is 0 Å². The van der Waals surface area contributed by atoms with Gasteiger partial charge in [0.15, 0.2) is 0 Å². The number of nitrogens with zero attached hydrogens (tertiary/aromatic N) is 1. The van der Waals surface area contributed by atoms with Gasteiger partial charge in [0.2, 0.25) is 0 Å². The minimum Gasteiger partial charge on any atom is -0.444 e. The number of rotatable bonds is 0. The Labute approximate surface area is 91.1 Å². The van der Waals surface area contributed by atoms with Crippen LogP contribution in [0.3, 0.4) is 0 Å². The summed E-state index contributed by atoms with van der Waals surface area (Å²) in [5, 5.41) is 0. The maximum atomic E-state index is 11.7. The molecule has 1 aliphatic rings. The molecule has 1 amide bonds. The summed E-state index contributed by atoms with van der Waals surface area (Å²) < 4.78 is 5.28. The zero-order valence-corrected chi connectivity index (χ0v) is 9.69. The van der Waals surface area contributed by atoms with E-state index in [9.17, 15) is 4.79 Å². The average Bonchev–Trinajstić information content (AvgIpc) is 2.26. The van der Waals surface area contributed by atoms with E-state index in [4.69, 9.17) is 10.5 Å². The summed E-state index contributed by atoms with van der Waals surface area (Å²) in [5.41, 5.74) is 5.35. The Morgan fingerprint density at radius 2 is 2.20 bits per heavy atom. The average molecular weight is 212 g/mol. The van der Waals surface area contributed by atoms with Gasteiger partial charge in [0.1, 0.15) is 5.60 Å². The quantitative estimate of drug-likeness (QED) is 0.619. The molecular formula is C11H20N2O2. The van der Waals surface area contributed by atoms with Crippen molar-refractivity contribution in [2.45, 2.75) is 38.8 Å². The molecule has 1 aliphatic heterocycles. The lowest BCUT2D eigenvalue weighted by Gasteiger charge is -2.27. The van der Waals surface area contributed by atoms with Gasteiger partial charge in [0, 0.05) is 19.1 Å². The van der Waals surface area contributed by atoms with E-state index in [1.165, 1.54) is 0 Å². The molecule has 4 nitrogen and oxygen atoms in total. The summed E-state index contributed by atoms with van der Waals surface area (Å²) in [6.45, 7) is 6.80. The van der Waals surface area contributed by atoms with Crippen molar-refractivity contribution in [3.05, 3.63) is 12.2 Å². The summed E-state index contributed by atoms with van der Waals surface area (Å²) in [7, 11) is 0. The molecule has 0 saturated carbocycles. The highest BCUT2D eigenvalue weighted by Crippen LogP contribution is 2.11. The summed E-state index contributed by atoms with van der Waals surface area (Å²) in [5.74, 6) is 0. The number of carbonyl (C=O) groups is 1. The zero-order valence-electron chi connectivity index (χ0n) is 9.69. The third-order valence-electron chi connectivity index (χ3n) is 2.03. The van der Waals surface area contributed by atoms with Crippen molar-refractivity contribution < 1.29 is 9.53 Å².